The molecule has 1 atom stereocenters. The molecule has 0 radical (unpaired) electrons. The molecule has 1 aliphatic rings. The Morgan fingerprint density at radius 1 is 1.50 bits per heavy atom. The largest absolute Gasteiger partial charge is 0.479 e. The predicted molar refractivity (Wildman–Crippen MR) is 48.2 cm³/mol. The van der Waals surface area contributed by atoms with Crippen LogP contribution in [0.25, 0.3) is 0 Å². The van der Waals surface area contributed by atoms with E-state index in [0.29, 0.717) is 6.07 Å². The van der Waals surface area contributed by atoms with Crippen molar-refractivity contribution in [3.8, 4) is 0 Å². The number of hydrogen-bond donors (Lipinski definition) is 3. The highest BCUT2D eigenvalue weighted by atomic mass is 19.1. The van der Waals surface area contributed by atoms with Gasteiger partial charge in [-0.05, 0) is 0 Å². The van der Waals surface area contributed by atoms with Crippen LogP contribution in [0.2, 0.25) is 0 Å². The van der Waals surface area contributed by atoms with Gasteiger partial charge >= 0.3 is 5.97 Å². The summed E-state index contributed by atoms with van der Waals surface area (Å²) in [4.78, 5) is 14.5. The first kappa shape index (κ1) is 10.4. The van der Waals surface area contributed by atoms with Crippen LogP contribution in [0.4, 0.5) is 8.78 Å². The number of rotatable bonds is 2. The van der Waals surface area contributed by atoms with Crippen molar-refractivity contribution in [3.05, 3.63) is 29.6 Å². The van der Waals surface area contributed by atoms with E-state index in [0.717, 1.165) is 12.4 Å². The van der Waals surface area contributed by atoms with Crippen LogP contribution in [-0.4, -0.2) is 22.3 Å². The molecule has 2 rings (SSSR count). The van der Waals surface area contributed by atoms with Crippen LogP contribution >= 0.6 is 0 Å². The molecule has 8 heteroatoms. The molecule has 1 aromatic heterocycles. The Morgan fingerprint density at radius 2 is 2.25 bits per heavy atom. The van der Waals surface area contributed by atoms with Crippen LogP contribution in [0.3, 0.4) is 0 Å². The Labute approximate surface area is 88.0 Å². The molecular weight excluding hydrogens is 222 g/mol. The van der Waals surface area contributed by atoms with Gasteiger partial charge in [0.25, 0.3) is 0 Å². The number of carboxylic acids is 1. The number of halogens is 2. The van der Waals surface area contributed by atoms with Gasteiger partial charge in [-0.25, -0.2) is 19.1 Å². The van der Waals surface area contributed by atoms with Crippen molar-refractivity contribution in [2.24, 2.45) is 5.10 Å². The number of nitrogens with zero attached hydrogens (tertiary/aromatic N) is 2. The summed E-state index contributed by atoms with van der Waals surface area (Å²) in [6, 6.07) is 0.556. The first-order valence-corrected chi connectivity index (χ1v) is 4.17. The van der Waals surface area contributed by atoms with E-state index < -0.39 is 28.8 Å². The normalized spacial score (nSPS) is 23.1. The van der Waals surface area contributed by atoms with Gasteiger partial charge < -0.3 is 5.11 Å². The predicted octanol–water partition coefficient (Wildman–Crippen LogP) is -0.267. The Bertz CT molecular complexity index is 479. The summed E-state index contributed by atoms with van der Waals surface area (Å²) in [5.41, 5.74) is 2.04. The summed E-state index contributed by atoms with van der Waals surface area (Å²) >= 11 is 0. The van der Waals surface area contributed by atoms with Crippen molar-refractivity contribution in [2.75, 3.05) is 0 Å². The quantitative estimate of drug-likeness (QED) is 0.648. The highest BCUT2D eigenvalue weighted by Crippen LogP contribution is 2.22. The molecule has 16 heavy (non-hydrogen) atoms. The lowest BCUT2D eigenvalue weighted by molar-refractivity contribution is -0.142. The van der Waals surface area contributed by atoms with E-state index in [-0.39, 0.29) is 0 Å². The van der Waals surface area contributed by atoms with E-state index in [1.54, 1.807) is 0 Å². The SMILES string of the molecule is O=C(O)C1(c2ncc(F)cc2F)C=NNN1. The highest BCUT2D eigenvalue weighted by molar-refractivity contribution is 6.00. The van der Waals surface area contributed by atoms with Crippen LogP contribution in [0.1, 0.15) is 5.69 Å². The first-order chi connectivity index (χ1) is 7.56. The van der Waals surface area contributed by atoms with E-state index in [1.807, 2.05) is 0 Å². The first-order valence-electron chi connectivity index (χ1n) is 4.17. The van der Waals surface area contributed by atoms with Gasteiger partial charge in [0.2, 0.25) is 5.54 Å². The second kappa shape index (κ2) is 3.49. The van der Waals surface area contributed by atoms with Crippen molar-refractivity contribution in [3.63, 3.8) is 0 Å². The van der Waals surface area contributed by atoms with Gasteiger partial charge in [-0.2, -0.15) is 10.5 Å². The average molecular weight is 228 g/mol. The number of hydrogen-bond acceptors (Lipinski definition) is 5. The second-order valence-corrected chi connectivity index (χ2v) is 3.09. The lowest BCUT2D eigenvalue weighted by Crippen LogP contribution is -2.51. The van der Waals surface area contributed by atoms with Gasteiger partial charge in [0.05, 0.1) is 12.4 Å². The molecule has 0 amide bonds. The molecule has 1 unspecified atom stereocenters. The summed E-state index contributed by atoms with van der Waals surface area (Å²) in [5, 5.41) is 12.4. The Hall–Kier alpha value is -2.09. The maximum Gasteiger partial charge on any atom is 0.337 e. The Balaban J connectivity index is 2.56. The van der Waals surface area contributed by atoms with E-state index in [4.69, 9.17) is 5.11 Å². The molecule has 0 aromatic carbocycles. The molecule has 1 aliphatic heterocycles. The minimum atomic E-state index is -1.92. The van der Waals surface area contributed by atoms with Gasteiger partial charge in [-0.1, -0.05) is 0 Å². The third kappa shape index (κ3) is 1.39. The van der Waals surface area contributed by atoms with Crippen LogP contribution in [0.15, 0.2) is 17.4 Å². The van der Waals surface area contributed by atoms with Crippen LogP contribution in [0.5, 0.6) is 0 Å². The van der Waals surface area contributed by atoms with Crippen molar-refractivity contribution in [2.45, 2.75) is 5.54 Å². The summed E-state index contributed by atoms with van der Waals surface area (Å²) in [6.45, 7) is 0. The van der Waals surface area contributed by atoms with Crippen LogP contribution in [-0.2, 0) is 10.3 Å². The molecular formula is C8H6F2N4O2. The van der Waals surface area contributed by atoms with Crippen molar-refractivity contribution in [1.82, 2.24) is 15.9 Å². The fourth-order valence-corrected chi connectivity index (χ4v) is 1.32. The standard InChI is InChI=1S/C8H6F2N4O2/c9-4-1-5(10)6(11-2-4)8(7(15)16)3-12-14-13-8/h1-3,13-14H,(H,15,16). The van der Waals surface area contributed by atoms with Gasteiger partial charge in [0, 0.05) is 6.07 Å². The number of hydrazone groups is 1. The van der Waals surface area contributed by atoms with Crippen molar-refractivity contribution in [1.29, 1.82) is 0 Å². The monoisotopic (exact) mass is 228 g/mol. The third-order valence-electron chi connectivity index (χ3n) is 2.09. The maximum absolute atomic E-state index is 13.4. The van der Waals surface area contributed by atoms with Gasteiger partial charge in [-0.15, -0.1) is 0 Å². The van der Waals surface area contributed by atoms with Gasteiger partial charge in [0.1, 0.15) is 11.5 Å². The third-order valence-corrected chi connectivity index (χ3v) is 2.09. The maximum atomic E-state index is 13.4. The Morgan fingerprint density at radius 3 is 2.75 bits per heavy atom. The summed E-state index contributed by atoms with van der Waals surface area (Å²) < 4.78 is 26.1. The smallest absolute Gasteiger partial charge is 0.337 e. The van der Waals surface area contributed by atoms with Crippen LogP contribution < -0.4 is 11.0 Å². The summed E-state index contributed by atoms with van der Waals surface area (Å²) in [6.07, 6.45) is 1.68. The number of nitrogens with one attached hydrogen (secondary N) is 2. The molecule has 0 spiro atoms. The summed E-state index contributed by atoms with van der Waals surface area (Å²) in [5.74, 6) is -3.35. The molecule has 84 valence electrons. The topological polar surface area (TPSA) is 86.6 Å². The number of pyridine rings is 1. The molecule has 3 N–H and O–H groups in total. The zero-order chi connectivity index (χ0) is 11.8. The molecule has 1 aromatic rings. The fourth-order valence-electron chi connectivity index (χ4n) is 1.32. The molecule has 0 aliphatic carbocycles. The van der Waals surface area contributed by atoms with E-state index in [9.17, 15) is 13.6 Å². The number of carboxylic acid groups (broad SMARTS) is 1. The molecule has 6 nitrogen and oxygen atoms in total. The fraction of sp³-hybridized carbons (Fsp3) is 0.125. The molecule has 0 saturated heterocycles. The molecule has 0 saturated carbocycles. The number of aliphatic carboxylic acids is 1. The Kier molecular flexibility index (Phi) is 2.27. The van der Waals surface area contributed by atoms with Gasteiger partial charge in [0.15, 0.2) is 5.82 Å². The average Bonchev–Trinajstić information content (AvgIpc) is 2.67. The van der Waals surface area contributed by atoms with Crippen LogP contribution in [0, 0.1) is 11.6 Å². The minimum Gasteiger partial charge on any atom is -0.479 e. The van der Waals surface area contributed by atoms with E-state index in [1.165, 1.54) is 0 Å². The number of hydrazine groups is 1. The van der Waals surface area contributed by atoms with Crippen molar-refractivity contribution < 1.29 is 18.7 Å². The summed E-state index contributed by atoms with van der Waals surface area (Å²) in [7, 11) is 0. The molecule has 0 fully saturated rings. The van der Waals surface area contributed by atoms with E-state index in [2.05, 4.69) is 21.0 Å². The van der Waals surface area contributed by atoms with E-state index >= 15 is 0 Å². The lowest BCUT2D eigenvalue weighted by atomic mass is 9.97. The zero-order valence-corrected chi connectivity index (χ0v) is 7.74. The minimum absolute atomic E-state index is 0.463. The molecule has 2 heterocycles. The second-order valence-electron chi connectivity index (χ2n) is 3.09. The molecule has 0 bridgehead atoms. The zero-order valence-electron chi connectivity index (χ0n) is 7.74. The highest BCUT2D eigenvalue weighted by Gasteiger charge is 2.45. The van der Waals surface area contributed by atoms with Gasteiger partial charge in [-0.3, -0.25) is 4.98 Å². The number of aromatic nitrogens is 1. The lowest BCUT2D eigenvalue weighted by Gasteiger charge is -2.20. The number of carbonyl (C=O) groups is 1. The van der Waals surface area contributed by atoms with Crippen molar-refractivity contribution >= 4 is 12.2 Å².